The van der Waals surface area contributed by atoms with E-state index in [1.54, 1.807) is 51.3 Å². The summed E-state index contributed by atoms with van der Waals surface area (Å²) in [6, 6.07) is 8.18. The number of methoxy groups -OCH3 is 1. The lowest BCUT2D eigenvalue weighted by atomic mass is 9.95. The van der Waals surface area contributed by atoms with Gasteiger partial charge in [0.25, 0.3) is 5.56 Å². The Kier molecular flexibility index (Phi) is 10.3. The van der Waals surface area contributed by atoms with Gasteiger partial charge in [-0.2, -0.15) is 0 Å². The fraction of sp³-hybridized carbons (Fsp3) is 0.323. The molecule has 1 aliphatic rings. The third-order valence-electron chi connectivity index (χ3n) is 6.33. The smallest absolute Gasteiger partial charge is 0.338 e. The van der Waals surface area contributed by atoms with E-state index in [9.17, 15) is 9.59 Å². The van der Waals surface area contributed by atoms with Crippen LogP contribution in [-0.2, 0) is 9.53 Å². The van der Waals surface area contributed by atoms with Crippen molar-refractivity contribution in [2.24, 2.45) is 4.99 Å². The molecule has 0 aliphatic carbocycles. The number of allylic oxidation sites excluding steroid dienone is 1. The molecule has 9 nitrogen and oxygen atoms in total. The van der Waals surface area contributed by atoms with Gasteiger partial charge in [0.1, 0.15) is 6.61 Å². The number of carbonyl (C=O) groups is 1. The molecule has 0 saturated heterocycles. The maximum absolute atomic E-state index is 14.1. The van der Waals surface area contributed by atoms with Crippen molar-refractivity contribution in [3.8, 4) is 23.0 Å². The molecule has 4 rings (SSSR count). The molecule has 222 valence electrons. The van der Waals surface area contributed by atoms with Crippen molar-refractivity contribution in [1.29, 1.82) is 0 Å². The van der Waals surface area contributed by atoms with Crippen LogP contribution in [0.4, 0.5) is 0 Å². The van der Waals surface area contributed by atoms with E-state index < -0.39 is 12.0 Å². The predicted octanol–water partition coefficient (Wildman–Crippen LogP) is 4.93. The summed E-state index contributed by atoms with van der Waals surface area (Å²) in [5, 5.41) is 0. The molecular weight excluding hydrogens is 624 g/mol. The monoisotopic (exact) mass is 656 g/mol. The number of thiazole rings is 1. The number of benzene rings is 2. The van der Waals surface area contributed by atoms with Gasteiger partial charge in [-0.1, -0.05) is 46.0 Å². The first-order valence-electron chi connectivity index (χ1n) is 13.5. The molecule has 0 spiro atoms. The SMILES string of the molecule is C=CCOc1ccc([C@@H]2C(C(=O)OCC)=C(C)N=c3s/c(=C/c4cc(OC)c(OCC)cc4Br)c(=O)n32)cc1OCC. The molecular formula is C31H33BrN2O7S. The van der Waals surface area contributed by atoms with Crippen LogP contribution in [0.2, 0.25) is 0 Å². The quantitative estimate of drug-likeness (QED) is 0.201. The molecule has 0 unspecified atom stereocenters. The van der Waals surface area contributed by atoms with Gasteiger partial charge < -0.3 is 23.7 Å². The van der Waals surface area contributed by atoms with Crippen LogP contribution in [-0.4, -0.2) is 44.1 Å². The van der Waals surface area contributed by atoms with E-state index in [-0.39, 0.29) is 17.7 Å². The normalized spacial score (nSPS) is 14.6. The molecule has 0 amide bonds. The Hall–Kier alpha value is -3.83. The molecule has 1 aliphatic heterocycles. The summed E-state index contributed by atoms with van der Waals surface area (Å²) in [4.78, 5) is 32.4. The number of halogens is 1. The van der Waals surface area contributed by atoms with Gasteiger partial charge in [0.05, 0.1) is 48.8 Å². The zero-order chi connectivity index (χ0) is 30.4. The number of hydrogen-bond acceptors (Lipinski definition) is 9. The Balaban J connectivity index is 1.94. The zero-order valence-electron chi connectivity index (χ0n) is 24.2. The first-order chi connectivity index (χ1) is 20.3. The summed E-state index contributed by atoms with van der Waals surface area (Å²) in [5.41, 5.74) is 1.82. The van der Waals surface area contributed by atoms with Crippen LogP contribution in [0.5, 0.6) is 23.0 Å². The van der Waals surface area contributed by atoms with Gasteiger partial charge in [-0.15, -0.1) is 0 Å². The van der Waals surface area contributed by atoms with Crippen LogP contribution in [0.3, 0.4) is 0 Å². The highest BCUT2D eigenvalue weighted by molar-refractivity contribution is 9.10. The maximum Gasteiger partial charge on any atom is 0.338 e. The Morgan fingerprint density at radius 2 is 1.76 bits per heavy atom. The lowest BCUT2D eigenvalue weighted by Gasteiger charge is -2.25. The summed E-state index contributed by atoms with van der Waals surface area (Å²) in [7, 11) is 1.56. The van der Waals surface area contributed by atoms with Crippen LogP contribution in [0.1, 0.15) is 44.9 Å². The second-order valence-corrected chi connectivity index (χ2v) is 10.9. The summed E-state index contributed by atoms with van der Waals surface area (Å²) >= 11 is 4.82. The highest BCUT2D eigenvalue weighted by Crippen LogP contribution is 2.37. The standard InChI is InChI=1S/C31H33BrN2O7S/c1-7-13-41-22-12-11-19(14-24(22)38-8-2)28-27(30(36)40-10-4)18(5)33-31-34(28)29(35)26(42-31)16-20-15-23(37-6)25(39-9-3)17-21(20)32/h7,11-12,14-17,28H,1,8-10,13H2,2-6H3/b26-16+/t28-/m1/s1. The highest BCUT2D eigenvalue weighted by atomic mass is 79.9. The summed E-state index contributed by atoms with van der Waals surface area (Å²) < 4.78 is 30.9. The fourth-order valence-corrected chi connectivity index (χ4v) is 6.04. The molecule has 2 heterocycles. The van der Waals surface area contributed by atoms with Crippen LogP contribution in [0, 0.1) is 0 Å². The van der Waals surface area contributed by atoms with Crippen molar-refractivity contribution in [2.75, 3.05) is 33.5 Å². The van der Waals surface area contributed by atoms with Crippen molar-refractivity contribution < 1.29 is 28.5 Å². The van der Waals surface area contributed by atoms with Gasteiger partial charge in [0.2, 0.25) is 0 Å². The molecule has 1 aromatic heterocycles. The van der Waals surface area contributed by atoms with Gasteiger partial charge in [-0.05, 0) is 69.2 Å². The Bertz CT molecular complexity index is 1710. The van der Waals surface area contributed by atoms with E-state index in [4.69, 9.17) is 23.7 Å². The maximum atomic E-state index is 14.1. The van der Waals surface area contributed by atoms with Crippen LogP contribution < -0.4 is 33.8 Å². The lowest BCUT2D eigenvalue weighted by molar-refractivity contribution is -0.139. The minimum Gasteiger partial charge on any atom is -0.493 e. The Morgan fingerprint density at radius 3 is 2.40 bits per heavy atom. The Morgan fingerprint density at radius 1 is 1.05 bits per heavy atom. The Labute approximate surface area is 256 Å². The number of rotatable bonds is 12. The molecule has 0 bridgehead atoms. The number of fused-ring (bicyclic) bond motifs is 1. The molecule has 0 N–H and O–H groups in total. The number of aromatic nitrogens is 1. The second-order valence-electron chi connectivity index (χ2n) is 9.00. The fourth-order valence-electron chi connectivity index (χ4n) is 4.57. The van der Waals surface area contributed by atoms with Crippen LogP contribution >= 0.6 is 27.3 Å². The minimum absolute atomic E-state index is 0.179. The average molecular weight is 658 g/mol. The van der Waals surface area contributed by atoms with Gasteiger partial charge in [-0.25, -0.2) is 9.79 Å². The summed E-state index contributed by atoms with van der Waals surface area (Å²) in [5.74, 6) is 1.61. The average Bonchev–Trinajstić information content (AvgIpc) is 3.27. The van der Waals surface area contributed by atoms with E-state index in [0.717, 1.165) is 10.0 Å². The number of nitrogens with zero attached hydrogens (tertiary/aromatic N) is 2. The summed E-state index contributed by atoms with van der Waals surface area (Å²) in [6.45, 7) is 12.3. The van der Waals surface area contributed by atoms with Crippen LogP contribution in [0.15, 0.2) is 68.5 Å². The van der Waals surface area contributed by atoms with Crippen molar-refractivity contribution in [2.45, 2.75) is 33.7 Å². The summed E-state index contributed by atoms with van der Waals surface area (Å²) in [6.07, 6.45) is 3.41. The molecule has 0 fully saturated rings. The number of hydrogen-bond donors (Lipinski definition) is 0. The van der Waals surface area contributed by atoms with Crippen molar-refractivity contribution in [3.63, 3.8) is 0 Å². The second kappa shape index (κ2) is 13.9. The first kappa shape index (κ1) is 31.1. The van der Waals surface area contributed by atoms with Gasteiger partial charge in [0.15, 0.2) is 27.8 Å². The van der Waals surface area contributed by atoms with Crippen molar-refractivity contribution in [1.82, 2.24) is 4.57 Å². The molecule has 0 radical (unpaired) electrons. The third-order valence-corrected chi connectivity index (χ3v) is 8.00. The lowest BCUT2D eigenvalue weighted by Crippen LogP contribution is -2.40. The number of esters is 1. The van der Waals surface area contributed by atoms with E-state index in [1.165, 1.54) is 15.9 Å². The molecule has 2 aromatic carbocycles. The van der Waals surface area contributed by atoms with Crippen LogP contribution in [0.25, 0.3) is 6.08 Å². The molecule has 11 heteroatoms. The predicted molar refractivity (Wildman–Crippen MR) is 166 cm³/mol. The zero-order valence-corrected chi connectivity index (χ0v) is 26.6. The molecule has 1 atom stereocenters. The molecule has 42 heavy (non-hydrogen) atoms. The van der Waals surface area contributed by atoms with Gasteiger partial charge in [0, 0.05) is 4.47 Å². The number of ether oxygens (including phenoxy) is 5. The minimum atomic E-state index is -0.798. The number of carbonyl (C=O) groups excluding carboxylic acids is 1. The van der Waals surface area contributed by atoms with Crippen molar-refractivity contribution >= 4 is 39.3 Å². The highest BCUT2D eigenvalue weighted by Gasteiger charge is 2.34. The molecule has 0 saturated carbocycles. The third kappa shape index (κ3) is 6.32. The van der Waals surface area contributed by atoms with Gasteiger partial charge >= 0.3 is 5.97 Å². The topological polar surface area (TPSA) is 97.6 Å². The van der Waals surface area contributed by atoms with Crippen molar-refractivity contribution in [3.05, 3.63) is 89.5 Å². The molecule has 3 aromatic rings. The van der Waals surface area contributed by atoms with Gasteiger partial charge in [-0.3, -0.25) is 9.36 Å². The van der Waals surface area contributed by atoms with E-state index in [0.29, 0.717) is 63.4 Å². The van der Waals surface area contributed by atoms with E-state index >= 15 is 0 Å². The van der Waals surface area contributed by atoms with E-state index in [2.05, 4.69) is 27.5 Å². The van der Waals surface area contributed by atoms with E-state index in [1.807, 2.05) is 26.0 Å². The first-order valence-corrected chi connectivity index (χ1v) is 15.1. The largest absolute Gasteiger partial charge is 0.493 e.